The molecule has 0 amide bonds. The molecule has 0 aliphatic carbocycles. The minimum absolute atomic E-state index is 0.167. The van der Waals surface area contributed by atoms with E-state index in [1.807, 2.05) is 0 Å². The highest BCUT2D eigenvalue weighted by atomic mass is 28.3. The van der Waals surface area contributed by atoms with E-state index in [9.17, 15) is 4.39 Å². The van der Waals surface area contributed by atoms with Crippen LogP contribution in [0, 0.1) is 0 Å². The predicted octanol–water partition coefficient (Wildman–Crippen LogP) is 1.03. The molecule has 0 N–H and O–H groups in total. The van der Waals surface area contributed by atoms with Gasteiger partial charge in [0.1, 0.15) is 6.30 Å². The normalized spacial score (nSPS) is 30.4. The second-order valence-electron chi connectivity index (χ2n) is 2.14. The fourth-order valence-electron chi connectivity index (χ4n) is 0.929. The maximum Gasteiger partial charge on any atom is 0.208 e. The van der Waals surface area contributed by atoms with Crippen molar-refractivity contribution in [3.05, 3.63) is 0 Å². The van der Waals surface area contributed by atoms with Gasteiger partial charge in [-0.3, -0.25) is 4.39 Å². The van der Waals surface area contributed by atoms with Gasteiger partial charge in [-0.25, -0.2) is 0 Å². The van der Waals surface area contributed by atoms with Gasteiger partial charge >= 0.3 is 0 Å². The number of alkyl halides is 1. The molecular formula is C5H11FOSi. The second kappa shape index (κ2) is 3.20. The summed E-state index contributed by atoms with van der Waals surface area (Å²) in [6.45, 7) is 0.820. The molecule has 0 saturated carbocycles. The van der Waals surface area contributed by atoms with Crippen LogP contribution in [0.4, 0.5) is 4.39 Å². The van der Waals surface area contributed by atoms with Gasteiger partial charge in [0, 0.05) is 6.61 Å². The maximum absolute atomic E-state index is 11.8. The Morgan fingerprint density at radius 1 is 1.50 bits per heavy atom. The lowest BCUT2D eigenvalue weighted by molar-refractivity contribution is 0.276. The monoisotopic (exact) mass is 134 g/mol. The van der Waals surface area contributed by atoms with E-state index in [1.165, 1.54) is 6.42 Å². The minimum atomic E-state index is -1.27. The summed E-state index contributed by atoms with van der Waals surface area (Å²) in [6, 6.07) is 1.05. The van der Waals surface area contributed by atoms with Crippen LogP contribution in [0.5, 0.6) is 0 Å². The third-order valence-electron chi connectivity index (χ3n) is 1.45. The van der Waals surface area contributed by atoms with Gasteiger partial charge in [-0.2, -0.15) is 0 Å². The molecule has 1 atom stereocenters. The van der Waals surface area contributed by atoms with E-state index in [0.29, 0.717) is 0 Å². The molecule has 48 valence electrons. The van der Waals surface area contributed by atoms with Gasteiger partial charge in [-0.1, -0.05) is 6.42 Å². The smallest absolute Gasteiger partial charge is 0.208 e. The lowest BCUT2D eigenvalue weighted by Crippen LogP contribution is -2.25. The molecule has 0 bridgehead atoms. The Labute approximate surface area is 50.6 Å². The average Bonchev–Trinajstić information content (AvgIpc) is 1.90. The molecule has 1 aliphatic heterocycles. The summed E-state index contributed by atoms with van der Waals surface area (Å²) >= 11 is 0. The first-order valence-corrected chi connectivity index (χ1v) is 5.21. The van der Waals surface area contributed by atoms with Crippen LogP contribution in [0.2, 0.25) is 6.04 Å². The molecule has 1 nitrogen and oxygen atoms in total. The molecule has 1 rings (SSSR count). The van der Waals surface area contributed by atoms with Crippen molar-refractivity contribution in [2.75, 3.05) is 12.9 Å². The first-order valence-electron chi connectivity index (χ1n) is 3.11. The van der Waals surface area contributed by atoms with Gasteiger partial charge in [-0.05, 0) is 12.5 Å². The lowest BCUT2D eigenvalue weighted by atomic mass is 10.4. The molecule has 8 heavy (non-hydrogen) atoms. The second-order valence-corrected chi connectivity index (χ2v) is 4.61. The molecule has 3 heteroatoms. The van der Waals surface area contributed by atoms with E-state index in [1.54, 1.807) is 0 Å². The van der Waals surface area contributed by atoms with E-state index >= 15 is 0 Å². The van der Waals surface area contributed by atoms with Crippen molar-refractivity contribution in [3.8, 4) is 0 Å². The molecule has 1 fully saturated rings. The summed E-state index contributed by atoms with van der Waals surface area (Å²) in [7, 11) is -1.27. The van der Waals surface area contributed by atoms with Crippen molar-refractivity contribution < 1.29 is 8.82 Å². The van der Waals surface area contributed by atoms with Crippen LogP contribution in [0.25, 0.3) is 0 Å². The summed E-state index contributed by atoms with van der Waals surface area (Å²) in [4.78, 5) is 0. The molecule has 0 aromatic heterocycles. The first kappa shape index (κ1) is 6.23. The predicted molar refractivity (Wildman–Crippen MR) is 33.1 cm³/mol. The Morgan fingerprint density at radius 3 is 2.75 bits per heavy atom. The lowest BCUT2D eigenvalue weighted by Gasteiger charge is -2.17. The highest BCUT2D eigenvalue weighted by Crippen LogP contribution is 2.10. The van der Waals surface area contributed by atoms with Gasteiger partial charge in [0.25, 0.3) is 0 Å². The standard InChI is InChI=1S/C5H11FOSi/c6-5-8-4-2-1-3-7-8/h8H,1-5H2. The first-order chi connectivity index (χ1) is 3.93. The highest BCUT2D eigenvalue weighted by Gasteiger charge is 2.14. The Bertz CT molecular complexity index is 63.4. The molecule has 0 spiro atoms. The van der Waals surface area contributed by atoms with Crippen LogP contribution in [-0.2, 0) is 4.43 Å². The Balaban J connectivity index is 2.13. The molecule has 1 aliphatic rings. The van der Waals surface area contributed by atoms with E-state index in [2.05, 4.69) is 0 Å². The number of hydrogen-bond donors (Lipinski definition) is 0. The van der Waals surface area contributed by atoms with Gasteiger partial charge in [0.05, 0.1) is 0 Å². The molecule has 0 aromatic rings. The highest BCUT2D eigenvalue weighted by molar-refractivity contribution is 6.51. The zero-order chi connectivity index (χ0) is 5.82. The molecular weight excluding hydrogens is 123 g/mol. The van der Waals surface area contributed by atoms with E-state index in [4.69, 9.17) is 4.43 Å². The third kappa shape index (κ3) is 1.56. The van der Waals surface area contributed by atoms with Gasteiger partial charge in [-0.15, -0.1) is 0 Å². The fourth-order valence-corrected chi connectivity index (χ4v) is 2.58. The molecule has 0 aromatic carbocycles. The molecule has 0 radical (unpaired) electrons. The topological polar surface area (TPSA) is 9.23 Å². The zero-order valence-corrected chi connectivity index (χ0v) is 6.05. The van der Waals surface area contributed by atoms with Gasteiger partial charge in [0.15, 0.2) is 0 Å². The summed E-state index contributed by atoms with van der Waals surface area (Å²) in [5.41, 5.74) is 0. The van der Waals surface area contributed by atoms with Crippen LogP contribution in [0.15, 0.2) is 0 Å². The van der Waals surface area contributed by atoms with Crippen molar-refractivity contribution in [1.29, 1.82) is 0 Å². The van der Waals surface area contributed by atoms with E-state index < -0.39 is 9.04 Å². The average molecular weight is 134 g/mol. The van der Waals surface area contributed by atoms with Crippen LogP contribution in [0.3, 0.4) is 0 Å². The minimum Gasteiger partial charge on any atom is -0.417 e. The summed E-state index contributed by atoms with van der Waals surface area (Å²) in [5.74, 6) is 0. The fraction of sp³-hybridized carbons (Fsp3) is 1.00. The van der Waals surface area contributed by atoms with Crippen molar-refractivity contribution in [3.63, 3.8) is 0 Å². The van der Waals surface area contributed by atoms with Crippen molar-refractivity contribution >= 4 is 9.04 Å². The zero-order valence-electron chi connectivity index (χ0n) is 4.90. The van der Waals surface area contributed by atoms with Gasteiger partial charge < -0.3 is 4.43 Å². The van der Waals surface area contributed by atoms with Crippen LogP contribution in [0.1, 0.15) is 12.8 Å². The quantitative estimate of drug-likeness (QED) is 0.487. The largest absolute Gasteiger partial charge is 0.417 e. The maximum atomic E-state index is 11.8. The number of rotatable bonds is 1. The summed E-state index contributed by atoms with van der Waals surface area (Å²) in [5, 5.41) is 0. The third-order valence-corrected chi connectivity index (χ3v) is 3.55. The number of halogens is 1. The van der Waals surface area contributed by atoms with Crippen molar-refractivity contribution in [1.82, 2.24) is 0 Å². The van der Waals surface area contributed by atoms with Crippen molar-refractivity contribution in [2.45, 2.75) is 18.9 Å². The Morgan fingerprint density at radius 2 is 2.38 bits per heavy atom. The van der Waals surface area contributed by atoms with Crippen molar-refractivity contribution in [2.24, 2.45) is 0 Å². The van der Waals surface area contributed by atoms with E-state index in [-0.39, 0.29) is 6.30 Å². The molecule has 1 heterocycles. The summed E-state index contributed by atoms with van der Waals surface area (Å²) < 4.78 is 17.0. The SMILES string of the molecule is FC[SiH]1CCCCO1. The molecule has 1 saturated heterocycles. The van der Waals surface area contributed by atoms with Gasteiger partial charge in [0.2, 0.25) is 9.04 Å². The summed E-state index contributed by atoms with van der Waals surface area (Å²) in [6.07, 6.45) is 2.17. The van der Waals surface area contributed by atoms with Crippen LogP contribution >= 0.6 is 0 Å². The van der Waals surface area contributed by atoms with Crippen LogP contribution < -0.4 is 0 Å². The van der Waals surface area contributed by atoms with E-state index in [0.717, 1.165) is 19.1 Å². The number of hydrogen-bond acceptors (Lipinski definition) is 1. The van der Waals surface area contributed by atoms with Crippen LogP contribution in [-0.4, -0.2) is 21.9 Å². The Hall–Kier alpha value is 0.107. The molecule has 1 unspecified atom stereocenters. The Kier molecular flexibility index (Phi) is 2.49.